The highest BCUT2D eigenvalue weighted by molar-refractivity contribution is 6.31. The number of benzene rings is 1. The number of hydrogen-bond donors (Lipinski definition) is 2. The lowest BCUT2D eigenvalue weighted by Crippen LogP contribution is -1.88. The van der Waals surface area contributed by atoms with Crippen LogP contribution in [0.5, 0.6) is 0 Å². The number of halogens is 1. The lowest BCUT2D eigenvalue weighted by Gasteiger charge is -1.97. The van der Waals surface area contributed by atoms with Crippen LogP contribution < -0.4 is 0 Å². The predicted molar refractivity (Wildman–Crippen MR) is 53.9 cm³/mol. The van der Waals surface area contributed by atoms with E-state index in [-0.39, 0.29) is 0 Å². The first kappa shape index (κ1) is 8.60. The molecule has 0 saturated carbocycles. The highest BCUT2D eigenvalue weighted by Crippen LogP contribution is 2.22. The predicted octanol–water partition coefficient (Wildman–Crippen LogP) is 2.87. The molecule has 0 saturated heterocycles. The zero-order valence-corrected chi connectivity index (χ0v) is 7.97. The molecule has 0 aliphatic heterocycles. The number of fused-ring (bicyclic) bond motifs is 1. The molecule has 13 heavy (non-hydrogen) atoms. The summed E-state index contributed by atoms with van der Waals surface area (Å²) in [5.74, 6) is 0. The third-order valence-corrected chi connectivity index (χ3v) is 2.29. The van der Waals surface area contributed by atoms with Gasteiger partial charge in [-0.05, 0) is 31.2 Å². The summed E-state index contributed by atoms with van der Waals surface area (Å²) in [5, 5.41) is 11.1. The number of aromatic amines is 1. The standard InChI is InChI=1S/C10H10ClNO/c1-6(13)10-5-7-4-8(11)2-3-9(7)12-10/h2-6,12-13H,1H3/t6-/m0/s1. The van der Waals surface area contributed by atoms with Crippen molar-refractivity contribution < 1.29 is 5.11 Å². The van der Waals surface area contributed by atoms with Crippen molar-refractivity contribution in [2.24, 2.45) is 0 Å². The van der Waals surface area contributed by atoms with Crippen LogP contribution >= 0.6 is 11.6 Å². The highest BCUT2D eigenvalue weighted by atomic mass is 35.5. The molecule has 1 aromatic heterocycles. The molecule has 2 rings (SSSR count). The number of aliphatic hydroxyl groups is 1. The van der Waals surface area contributed by atoms with Gasteiger partial charge in [-0.1, -0.05) is 11.6 Å². The molecule has 0 aliphatic carbocycles. The van der Waals surface area contributed by atoms with Crippen LogP contribution in [0.3, 0.4) is 0 Å². The van der Waals surface area contributed by atoms with Gasteiger partial charge in [-0.25, -0.2) is 0 Å². The zero-order chi connectivity index (χ0) is 9.42. The van der Waals surface area contributed by atoms with Crippen molar-refractivity contribution in [2.45, 2.75) is 13.0 Å². The fourth-order valence-electron chi connectivity index (χ4n) is 1.35. The lowest BCUT2D eigenvalue weighted by molar-refractivity contribution is 0.195. The van der Waals surface area contributed by atoms with Gasteiger partial charge in [0.15, 0.2) is 0 Å². The molecule has 3 heteroatoms. The van der Waals surface area contributed by atoms with Crippen molar-refractivity contribution in [3.05, 3.63) is 35.0 Å². The van der Waals surface area contributed by atoms with Crippen LogP contribution in [0.25, 0.3) is 10.9 Å². The third-order valence-electron chi connectivity index (χ3n) is 2.05. The second-order valence-corrected chi connectivity index (χ2v) is 3.57. The molecule has 2 N–H and O–H groups in total. The SMILES string of the molecule is C[C@H](O)c1cc2cc(Cl)ccc2[nH]1. The molecule has 2 aromatic rings. The number of aromatic nitrogens is 1. The Balaban J connectivity index is 2.62. The van der Waals surface area contributed by atoms with E-state index in [2.05, 4.69) is 4.98 Å². The van der Waals surface area contributed by atoms with Gasteiger partial charge >= 0.3 is 0 Å². The van der Waals surface area contributed by atoms with Crippen LogP contribution in [0.2, 0.25) is 5.02 Å². The van der Waals surface area contributed by atoms with Crippen LogP contribution in [-0.2, 0) is 0 Å². The largest absolute Gasteiger partial charge is 0.387 e. The van der Waals surface area contributed by atoms with Gasteiger partial charge in [0.1, 0.15) is 0 Å². The number of H-pyrrole nitrogens is 1. The number of nitrogens with one attached hydrogen (secondary N) is 1. The molecule has 1 heterocycles. The van der Waals surface area contributed by atoms with Gasteiger partial charge in [0, 0.05) is 21.6 Å². The van der Waals surface area contributed by atoms with Crippen molar-refractivity contribution in [1.29, 1.82) is 0 Å². The molecule has 68 valence electrons. The highest BCUT2D eigenvalue weighted by Gasteiger charge is 2.05. The quantitative estimate of drug-likeness (QED) is 0.721. The minimum absolute atomic E-state index is 0.467. The van der Waals surface area contributed by atoms with Crippen molar-refractivity contribution in [3.63, 3.8) is 0 Å². The molecule has 0 bridgehead atoms. The molecule has 0 spiro atoms. The summed E-state index contributed by atoms with van der Waals surface area (Å²) in [6.45, 7) is 1.73. The minimum atomic E-state index is -0.467. The molecule has 1 atom stereocenters. The summed E-state index contributed by atoms with van der Waals surface area (Å²) in [7, 11) is 0. The Kier molecular flexibility index (Phi) is 2.02. The van der Waals surface area contributed by atoms with Gasteiger partial charge in [0.2, 0.25) is 0 Å². The minimum Gasteiger partial charge on any atom is -0.387 e. The topological polar surface area (TPSA) is 36.0 Å². The molecule has 0 fully saturated rings. The Morgan fingerprint density at radius 1 is 1.38 bits per heavy atom. The van der Waals surface area contributed by atoms with Crippen LogP contribution in [0, 0.1) is 0 Å². The molecule has 0 radical (unpaired) electrons. The number of aliphatic hydroxyl groups excluding tert-OH is 1. The normalized spacial score (nSPS) is 13.5. The van der Waals surface area contributed by atoms with E-state index in [4.69, 9.17) is 11.6 Å². The fraction of sp³-hybridized carbons (Fsp3) is 0.200. The van der Waals surface area contributed by atoms with E-state index in [1.807, 2.05) is 24.3 Å². The number of hydrogen-bond acceptors (Lipinski definition) is 1. The first-order chi connectivity index (χ1) is 6.16. The molecular weight excluding hydrogens is 186 g/mol. The summed E-state index contributed by atoms with van der Waals surface area (Å²) >= 11 is 5.83. The van der Waals surface area contributed by atoms with Crippen molar-refractivity contribution >= 4 is 22.5 Å². The molecule has 1 aromatic carbocycles. The smallest absolute Gasteiger partial charge is 0.0910 e. The molecular formula is C10H10ClNO. The molecule has 0 amide bonds. The van der Waals surface area contributed by atoms with Crippen molar-refractivity contribution in [2.75, 3.05) is 0 Å². The summed E-state index contributed by atoms with van der Waals surface area (Å²) < 4.78 is 0. The average Bonchev–Trinajstić information content (AvgIpc) is 2.46. The first-order valence-electron chi connectivity index (χ1n) is 4.13. The summed E-state index contributed by atoms with van der Waals surface area (Å²) in [6, 6.07) is 7.51. The summed E-state index contributed by atoms with van der Waals surface area (Å²) in [6.07, 6.45) is -0.467. The molecule has 0 aliphatic rings. The maximum atomic E-state index is 9.33. The van der Waals surface area contributed by atoms with E-state index in [1.54, 1.807) is 6.92 Å². The van der Waals surface area contributed by atoms with Crippen LogP contribution in [0.4, 0.5) is 0 Å². The van der Waals surface area contributed by atoms with E-state index < -0.39 is 6.10 Å². The van der Waals surface area contributed by atoms with Gasteiger partial charge in [-0.2, -0.15) is 0 Å². The summed E-state index contributed by atoms with van der Waals surface area (Å²) in [5.41, 5.74) is 1.82. The van der Waals surface area contributed by atoms with Gasteiger partial charge in [0.25, 0.3) is 0 Å². The second-order valence-electron chi connectivity index (χ2n) is 3.13. The van der Waals surface area contributed by atoms with Crippen LogP contribution in [0.15, 0.2) is 24.3 Å². The van der Waals surface area contributed by atoms with Crippen molar-refractivity contribution in [1.82, 2.24) is 4.98 Å². The summed E-state index contributed by atoms with van der Waals surface area (Å²) in [4.78, 5) is 3.11. The maximum Gasteiger partial charge on any atom is 0.0910 e. The van der Waals surface area contributed by atoms with Crippen LogP contribution in [-0.4, -0.2) is 10.1 Å². The monoisotopic (exact) mass is 195 g/mol. The Hall–Kier alpha value is -0.990. The number of rotatable bonds is 1. The van der Waals surface area contributed by atoms with Crippen LogP contribution in [0.1, 0.15) is 18.7 Å². The molecule has 0 unspecified atom stereocenters. The third kappa shape index (κ3) is 1.55. The second kappa shape index (κ2) is 3.05. The van der Waals surface area contributed by atoms with Gasteiger partial charge in [-0.15, -0.1) is 0 Å². The van der Waals surface area contributed by atoms with E-state index in [9.17, 15) is 5.11 Å². The lowest BCUT2D eigenvalue weighted by atomic mass is 10.2. The van der Waals surface area contributed by atoms with E-state index in [0.29, 0.717) is 5.02 Å². The maximum absolute atomic E-state index is 9.33. The zero-order valence-electron chi connectivity index (χ0n) is 7.21. The van der Waals surface area contributed by atoms with E-state index >= 15 is 0 Å². The fourth-order valence-corrected chi connectivity index (χ4v) is 1.53. The van der Waals surface area contributed by atoms with Gasteiger partial charge in [-0.3, -0.25) is 0 Å². The first-order valence-corrected chi connectivity index (χ1v) is 4.51. The Morgan fingerprint density at radius 2 is 2.15 bits per heavy atom. The van der Waals surface area contributed by atoms with E-state index in [1.165, 1.54) is 0 Å². The van der Waals surface area contributed by atoms with Crippen molar-refractivity contribution in [3.8, 4) is 0 Å². The Bertz CT molecular complexity index is 433. The van der Waals surface area contributed by atoms with Gasteiger partial charge < -0.3 is 10.1 Å². The Labute approximate surface area is 81.1 Å². The Morgan fingerprint density at radius 3 is 2.85 bits per heavy atom. The molecule has 2 nitrogen and oxygen atoms in total. The van der Waals surface area contributed by atoms with Gasteiger partial charge in [0.05, 0.1) is 6.10 Å². The average molecular weight is 196 g/mol. The van der Waals surface area contributed by atoms with E-state index in [0.717, 1.165) is 16.6 Å².